The molecule has 0 radical (unpaired) electrons. The number of benzene rings is 2. The number of carbonyl (C=O) groups excluding carboxylic acids is 1. The van der Waals surface area contributed by atoms with Gasteiger partial charge in [-0.15, -0.1) is 0 Å². The fourth-order valence-electron chi connectivity index (χ4n) is 2.48. The fraction of sp³-hybridized carbons (Fsp3) is 0.222. The zero-order valence-electron chi connectivity index (χ0n) is 13.8. The second-order valence-electron chi connectivity index (χ2n) is 5.40. The second-order valence-corrected chi connectivity index (χ2v) is 5.40. The van der Waals surface area contributed by atoms with E-state index < -0.39 is 6.10 Å². The Kier molecular flexibility index (Phi) is 4.83. The van der Waals surface area contributed by atoms with Crippen LogP contribution in [0, 0.1) is 5.82 Å². The number of hydrogen-bond donors (Lipinski definition) is 1. The first-order chi connectivity index (χ1) is 12.1. The monoisotopic (exact) mass is 344 g/mol. The third-order valence-electron chi connectivity index (χ3n) is 3.78. The fourth-order valence-corrected chi connectivity index (χ4v) is 2.48. The van der Waals surface area contributed by atoms with E-state index in [1.54, 1.807) is 30.3 Å². The van der Waals surface area contributed by atoms with Gasteiger partial charge in [0.2, 0.25) is 6.10 Å². The molecule has 0 saturated carbocycles. The third-order valence-corrected chi connectivity index (χ3v) is 3.78. The van der Waals surface area contributed by atoms with Crippen LogP contribution in [0.15, 0.2) is 47.6 Å². The number of ether oxygens (including phenoxy) is 2. The van der Waals surface area contributed by atoms with Crippen molar-refractivity contribution in [2.24, 2.45) is 5.16 Å². The Morgan fingerprint density at radius 1 is 1.24 bits per heavy atom. The predicted molar refractivity (Wildman–Crippen MR) is 90.6 cm³/mol. The van der Waals surface area contributed by atoms with Crippen molar-refractivity contribution in [3.63, 3.8) is 0 Å². The summed E-state index contributed by atoms with van der Waals surface area (Å²) >= 11 is 0. The summed E-state index contributed by atoms with van der Waals surface area (Å²) < 4.78 is 23.7. The molecule has 1 unspecified atom stereocenters. The summed E-state index contributed by atoms with van der Waals surface area (Å²) in [7, 11) is 3.04. The van der Waals surface area contributed by atoms with Crippen LogP contribution in [0.4, 0.5) is 10.1 Å². The molecule has 130 valence electrons. The van der Waals surface area contributed by atoms with Crippen molar-refractivity contribution in [1.82, 2.24) is 0 Å². The van der Waals surface area contributed by atoms with Crippen LogP contribution in [0.3, 0.4) is 0 Å². The van der Waals surface area contributed by atoms with Gasteiger partial charge in [0.25, 0.3) is 5.91 Å². The van der Waals surface area contributed by atoms with Gasteiger partial charge in [-0.2, -0.15) is 0 Å². The van der Waals surface area contributed by atoms with Crippen molar-refractivity contribution in [3.8, 4) is 11.5 Å². The maximum Gasteiger partial charge on any atom is 0.268 e. The minimum absolute atomic E-state index is 0.252. The van der Waals surface area contributed by atoms with E-state index >= 15 is 0 Å². The Labute approximate surface area is 144 Å². The molecule has 0 aromatic heterocycles. The lowest BCUT2D eigenvalue weighted by atomic mass is 10.0. The minimum atomic E-state index is -0.797. The van der Waals surface area contributed by atoms with E-state index in [4.69, 9.17) is 14.3 Å². The lowest BCUT2D eigenvalue weighted by molar-refractivity contribution is -0.125. The van der Waals surface area contributed by atoms with Crippen molar-refractivity contribution in [2.45, 2.75) is 12.5 Å². The third kappa shape index (κ3) is 3.71. The van der Waals surface area contributed by atoms with E-state index in [2.05, 4.69) is 10.5 Å². The molecular weight excluding hydrogens is 327 g/mol. The van der Waals surface area contributed by atoms with Gasteiger partial charge in [-0.1, -0.05) is 17.3 Å². The maximum absolute atomic E-state index is 13.3. The van der Waals surface area contributed by atoms with E-state index in [1.165, 1.54) is 26.4 Å². The minimum Gasteiger partial charge on any atom is -0.497 e. The zero-order chi connectivity index (χ0) is 17.8. The van der Waals surface area contributed by atoms with Crippen molar-refractivity contribution in [2.75, 3.05) is 19.5 Å². The highest BCUT2D eigenvalue weighted by Crippen LogP contribution is 2.29. The first-order valence-corrected chi connectivity index (χ1v) is 7.62. The summed E-state index contributed by atoms with van der Waals surface area (Å²) in [6, 6.07) is 11.1. The molecule has 1 N–H and O–H groups in total. The summed E-state index contributed by atoms with van der Waals surface area (Å²) in [5, 5.41) is 6.65. The molecule has 0 aliphatic carbocycles. The highest BCUT2D eigenvalue weighted by molar-refractivity contribution is 6.06. The van der Waals surface area contributed by atoms with E-state index in [0.29, 0.717) is 28.5 Å². The Morgan fingerprint density at radius 3 is 2.80 bits per heavy atom. The Bertz CT molecular complexity index is 822. The summed E-state index contributed by atoms with van der Waals surface area (Å²) in [5.41, 5.74) is 1.58. The van der Waals surface area contributed by atoms with Crippen LogP contribution in [-0.2, 0) is 9.63 Å². The lowest BCUT2D eigenvalue weighted by Crippen LogP contribution is -2.28. The molecule has 0 saturated heterocycles. The largest absolute Gasteiger partial charge is 0.497 e. The number of nitrogens with zero attached hydrogens (tertiary/aromatic N) is 1. The molecule has 6 nitrogen and oxygen atoms in total. The number of carbonyl (C=O) groups is 1. The molecule has 0 bridgehead atoms. The molecular formula is C18H17FN2O4. The first kappa shape index (κ1) is 16.8. The molecule has 3 rings (SSSR count). The smallest absolute Gasteiger partial charge is 0.268 e. The van der Waals surface area contributed by atoms with E-state index in [1.807, 2.05) is 0 Å². The van der Waals surface area contributed by atoms with Gasteiger partial charge in [-0.25, -0.2) is 4.39 Å². The van der Waals surface area contributed by atoms with Crippen molar-refractivity contribution in [1.29, 1.82) is 0 Å². The SMILES string of the molecule is COc1ccc(OC)c(NC(=O)C2CC(c3cccc(F)c3)=NO2)c1. The Balaban J connectivity index is 1.70. The topological polar surface area (TPSA) is 69.2 Å². The highest BCUT2D eigenvalue weighted by atomic mass is 19.1. The van der Waals surface area contributed by atoms with Gasteiger partial charge in [0.05, 0.1) is 25.6 Å². The van der Waals surface area contributed by atoms with Crippen LogP contribution in [-0.4, -0.2) is 31.9 Å². The number of amides is 1. The molecule has 1 amide bonds. The van der Waals surface area contributed by atoms with Crippen LogP contribution in [0.1, 0.15) is 12.0 Å². The van der Waals surface area contributed by atoms with Crippen LogP contribution >= 0.6 is 0 Å². The number of halogens is 1. The van der Waals surface area contributed by atoms with Crippen LogP contribution < -0.4 is 14.8 Å². The number of nitrogens with one attached hydrogen (secondary N) is 1. The van der Waals surface area contributed by atoms with Crippen molar-refractivity contribution >= 4 is 17.3 Å². The maximum atomic E-state index is 13.3. The van der Waals surface area contributed by atoms with Gasteiger partial charge in [-0.3, -0.25) is 4.79 Å². The molecule has 1 aliphatic heterocycles. The Morgan fingerprint density at radius 2 is 2.08 bits per heavy atom. The van der Waals surface area contributed by atoms with Crippen LogP contribution in [0.5, 0.6) is 11.5 Å². The predicted octanol–water partition coefficient (Wildman–Crippen LogP) is 2.97. The molecule has 1 aliphatic rings. The van der Waals surface area contributed by atoms with Gasteiger partial charge in [0.15, 0.2) is 0 Å². The van der Waals surface area contributed by atoms with Gasteiger partial charge in [0, 0.05) is 18.1 Å². The molecule has 7 heteroatoms. The highest BCUT2D eigenvalue weighted by Gasteiger charge is 2.29. The Hall–Kier alpha value is -3.09. The van der Waals surface area contributed by atoms with Crippen molar-refractivity contribution < 1.29 is 23.5 Å². The van der Waals surface area contributed by atoms with E-state index in [9.17, 15) is 9.18 Å². The number of anilines is 1. The molecule has 0 fully saturated rings. The van der Waals surface area contributed by atoms with E-state index in [0.717, 1.165) is 0 Å². The molecule has 2 aromatic rings. The van der Waals surface area contributed by atoms with Crippen LogP contribution in [0.2, 0.25) is 0 Å². The summed E-state index contributed by atoms with van der Waals surface area (Å²) in [5.74, 6) is 0.342. The first-order valence-electron chi connectivity index (χ1n) is 7.62. The molecule has 1 atom stereocenters. The van der Waals surface area contributed by atoms with Gasteiger partial charge >= 0.3 is 0 Å². The number of oxime groups is 1. The molecule has 2 aromatic carbocycles. The van der Waals surface area contributed by atoms with Gasteiger partial charge < -0.3 is 19.6 Å². The normalized spacial score (nSPS) is 16.0. The zero-order valence-corrected chi connectivity index (χ0v) is 13.8. The van der Waals surface area contributed by atoms with Gasteiger partial charge in [0.1, 0.15) is 17.3 Å². The van der Waals surface area contributed by atoms with Crippen LogP contribution in [0.25, 0.3) is 0 Å². The average molecular weight is 344 g/mol. The summed E-state index contributed by atoms with van der Waals surface area (Å²) in [6.45, 7) is 0. The number of methoxy groups -OCH3 is 2. The average Bonchev–Trinajstić information content (AvgIpc) is 3.12. The lowest BCUT2D eigenvalue weighted by Gasteiger charge is -2.13. The molecule has 1 heterocycles. The van der Waals surface area contributed by atoms with E-state index in [-0.39, 0.29) is 18.1 Å². The number of hydrogen-bond acceptors (Lipinski definition) is 5. The summed E-state index contributed by atoms with van der Waals surface area (Å²) in [4.78, 5) is 17.7. The van der Waals surface area contributed by atoms with Gasteiger partial charge in [-0.05, 0) is 24.3 Å². The summed E-state index contributed by atoms with van der Waals surface area (Å²) in [6.07, 6.45) is -0.546. The van der Waals surface area contributed by atoms with Crippen molar-refractivity contribution in [3.05, 3.63) is 53.8 Å². The second kappa shape index (κ2) is 7.21. The molecule has 25 heavy (non-hydrogen) atoms. The standard InChI is InChI=1S/C18H17FN2O4/c1-23-13-6-7-16(24-2)15(9-13)20-18(22)17-10-14(21-25-17)11-4-3-5-12(19)8-11/h3-9,17H,10H2,1-2H3,(H,20,22). The molecule has 0 spiro atoms. The number of rotatable bonds is 5. The quantitative estimate of drug-likeness (QED) is 0.905.